The maximum atomic E-state index is 12.6. The van der Waals surface area contributed by atoms with Crippen LogP contribution in [0.3, 0.4) is 0 Å². The number of nitrogens with one attached hydrogen (secondary N) is 2. The van der Waals surface area contributed by atoms with Gasteiger partial charge in [0.1, 0.15) is 0 Å². The van der Waals surface area contributed by atoms with E-state index in [1.165, 1.54) is 16.4 Å². The number of amides is 2. The highest BCUT2D eigenvalue weighted by atomic mass is 32.2. The third-order valence-electron chi connectivity index (χ3n) is 3.61. The molecule has 138 valence electrons. The van der Waals surface area contributed by atoms with E-state index in [9.17, 15) is 13.2 Å². The Morgan fingerprint density at radius 2 is 1.96 bits per heavy atom. The molecule has 1 heterocycles. The van der Waals surface area contributed by atoms with Crippen molar-refractivity contribution in [1.82, 2.24) is 14.6 Å². The van der Waals surface area contributed by atoms with Crippen LogP contribution in [0.5, 0.6) is 0 Å². The van der Waals surface area contributed by atoms with E-state index in [2.05, 4.69) is 15.6 Å². The van der Waals surface area contributed by atoms with Crippen LogP contribution < -0.4 is 10.6 Å². The van der Waals surface area contributed by atoms with E-state index in [1.54, 1.807) is 30.6 Å². The van der Waals surface area contributed by atoms with Crippen LogP contribution >= 0.6 is 0 Å². The van der Waals surface area contributed by atoms with Crippen molar-refractivity contribution in [3.05, 3.63) is 54.4 Å². The molecule has 9 heteroatoms. The van der Waals surface area contributed by atoms with Crippen LogP contribution in [0, 0.1) is 0 Å². The molecule has 2 N–H and O–H groups in total. The minimum atomic E-state index is -3.50. The number of pyridine rings is 1. The van der Waals surface area contributed by atoms with Gasteiger partial charge in [0.15, 0.2) is 0 Å². The van der Waals surface area contributed by atoms with Crippen molar-refractivity contribution in [1.29, 1.82) is 0 Å². The summed E-state index contributed by atoms with van der Waals surface area (Å²) in [4.78, 5) is 16.1. The van der Waals surface area contributed by atoms with E-state index < -0.39 is 10.0 Å². The molecule has 0 fully saturated rings. The largest absolute Gasteiger partial charge is 0.334 e. The number of sulfonamides is 1. The van der Waals surface area contributed by atoms with Gasteiger partial charge in [-0.1, -0.05) is 19.5 Å². The third-order valence-corrected chi connectivity index (χ3v) is 6.48. The van der Waals surface area contributed by atoms with Crippen LogP contribution in [0.4, 0.5) is 10.5 Å². The normalized spacial score (nSPS) is 11.3. The van der Waals surface area contributed by atoms with Crippen LogP contribution in [-0.4, -0.2) is 46.0 Å². The summed E-state index contributed by atoms with van der Waals surface area (Å²) >= 11 is 0. The SMILES string of the molecule is CCN(C[Si]C)S(=O)(=O)c1ccc(NC(=O)NCc2cccnc2)cc1. The van der Waals surface area contributed by atoms with Crippen LogP contribution in [0.2, 0.25) is 6.55 Å². The maximum absolute atomic E-state index is 12.6. The van der Waals surface area contributed by atoms with E-state index in [0.717, 1.165) is 5.56 Å². The van der Waals surface area contributed by atoms with Gasteiger partial charge in [-0.2, -0.15) is 0 Å². The molecule has 0 aliphatic carbocycles. The van der Waals surface area contributed by atoms with Gasteiger partial charge >= 0.3 is 6.03 Å². The number of rotatable bonds is 8. The highest BCUT2D eigenvalue weighted by Gasteiger charge is 2.22. The summed E-state index contributed by atoms with van der Waals surface area (Å²) in [6.45, 7) is 4.57. The molecule has 1 aromatic carbocycles. The molecule has 0 spiro atoms. The molecule has 0 aliphatic heterocycles. The van der Waals surface area contributed by atoms with E-state index in [4.69, 9.17) is 0 Å². The van der Waals surface area contributed by atoms with Crippen molar-refractivity contribution in [2.75, 3.05) is 18.0 Å². The number of benzene rings is 1. The lowest BCUT2D eigenvalue weighted by atomic mass is 10.3. The molecule has 2 radical (unpaired) electrons. The highest BCUT2D eigenvalue weighted by molar-refractivity contribution is 7.89. The summed E-state index contributed by atoms with van der Waals surface area (Å²) in [5.41, 5.74) is 1.41. The number of urea groups is 1. The van der Waals surface area contributed by atoms with Crippen molar-refractivity contribution in [2.45, 2.75) is 24.9 Å². The number of carbonyl (C=O) groups is 1. The zero-order valence-electron chi connectivity index (χ0n) is 14.8. The van der Waals surface area contributed by atoms with Gasteiger partial charge in [-0.05, 0) is 35.9 Å². The predicted molar refractivity (Wildman–Crippen MR) is 103 cm³/mol. The molecule has 0 unspecified atom stereocenters. The summed E-state index contributed by atoms with van der Waals surface area (Å²) in [5, 5.41) is 5.40. The van der Waals surface area contributed by atoms with Crippen molar-refractivity contribution in [3.8, 4) is 0 Å². The Morgan fingerprint density at radius 3 is 2.54 bits per heavy atom. The lowest BCUT2D eigenvalue weighted by molar-refractivity contribution is 0.251. The Kier molecular flexibility index (Phi) is 7.31. The molecule has 0 bridgehead atoms. The summed E-state index contributed by atoms with van der Waals surface area (Å²) in [7, 11) is -2.98. The monoisotopic (exact) mass is 390 g/mol. The quantitative estimate of drug-likeness (QED) is 0.676. The first-order valence-electron chi connectivity index (χ1n) is 8.16. The Balaban J connectivity index is 1.97. The van der Waals surface area contributed by atoms with Crippen molar-refractivity contribution in [2.24, 2.45) is 0 Å². The second-order valence-electron chi connectivity index (χ2n) is 5.48. The standard InChI is InChI=1S/C17H22N4O3SSi/c1-3-21(13-26-2)25(23,24)16-8-6-15(7-9-16)20-17(22)19-12-14-5-4-10-18-11-14/h4-11H,3,12-13H2,1-2H3,(H2,19,20,22). The van der Waals surface area contributed by atoms with Crippen molar-refractivity contribution < 1.29 is 13.2 Å². The minimum Gasteiger partial charge on any atom is -0.334 e. The number of hydrogen-bond acceptors (Lipinski definition) is 4. The smallest absolute Gasteiger partial charge is 0.319 e. The van der Waals surface area contributed by atoms with Gasteiger partial charge in [0.05, 0.1) is 14.4 Å². The van der Waals surface area contributed by atoms with E-state index >= 15 is 0 Å². The first-order valence-corrected chi connectivity index (χ1v) is 11.3. The molecule has 2 amide bonds. The van der Waals surface area contributed by atoms with Gasteiger partial charge in [-0.3, -0.25) is 4.98 Å². The average Bonchev–Trinajstić information content (AvgIpc) is 2.65. The molecule has 0 atom stereocenters. The van der Waals surface area contributed by atoms with Gasteiger partial charge in [-0.25, -0.2) is 17.5 Å². The Morgan fingerprint density at radius 1 is 1.23 bits per heavy atom. The first kappa shape index (κ1) is 20.1. The second kappa shape index (κ2) is 9.46. The molecule has 2 rings (SSSR count). The van der Waals surface area contributed by atoms with E-state index in [-0.39, 0.29) is 10.9 Å². The molecule has 0 aliphatic rings. The molecule has 2 aromatic rings. The molecule has 0 saturated heterocycles. The van der Waals surface area contributed by atoms with Gasteiger partial charge in [0.2, 0.25) is 10.0 Å². The third kappa shape index (κ3) is 5.38. The Hall–Kier alpha value is -2.23. The van der Waals surface area contributed by atoms with Gasteiger partial charge in [0, 0.05) is 37.3 Å². The first-order chi connectivity index (χ1) is 12.5. The Labute approximate surface area is 156 Å². The van der Waals surface area contributed by atoms with Crippen molar-refractivity contribution in [3.63, 3.8) is 0 Å². The minimum absolute atomic E-state index is 0.221. The highest BCUT2D eigenvalue weighted by Crippen LogP contribution is 2.18. The topological polar surface area (TPSA) is 91.4 Å². The number of aromatic nitrogens is 1. The molecular formula is C17H22N4O3SSi. The Bertz CT molecular complexity index is 814. The fourth-order valence-electron chi connectivity index (χ4n) is 2.26. The van der Waals surface area contributed by atoms with Gasteiger partial charge < -0.3 is 10.6 Å². The fraction of sp³-hybridized carbons (Fsp3) is 0.294. The number of nitrogens with zero attached hydrogens (tertiary/aromatic N) is 2. The van der Waals surface area contributed by atoms with Crippen LogP contribution in [-0.2, 0) is 16.6 Å². The summed E-state index contributed by atoms with van der Waals surface area (Å²) in [6, 6.07) is 9.47. The van der Waals surface area contributed by atoms with Crippen LogP contribution in [0.15, 0.2) is 53.7 Å². The molecule has 7 nitrogen and oxygen atoms in total. The summed E-state index contributed by atoms with van der Waals surface area (Å²) in [6.07, 6.45) is 3.85. The molecule has 26 heavy (non-hydrogen) atoms. The number of anilines is 1. The molecular weight excluding hydrogens is 368 g/mol. The lowest BCUT2D eigenvalue weighted by Gasteiger charge is -2.19. The number of hydrogen-bond donors (Lipinski definition) is 2. The van der Waals surface area contributed by atoms with Crippen molar-refractivity contribution >= 4 is 31.3 Å². The fourth-order valence-corrected chi connectivity index (χ4v) is 5.02. The van der Waals surface area contributed by atoms with Crippen LogP contribution in [0.25, 0.3) is 0 Å². The van der Waals surface area contributed by atoms with E-state index in [1.807, 2.05) is 19.5 Å². The zero-order chi connectivity index (χ0) is 19.0. The molecule has 0 saturated carbocycles. The lowest BCUT2D eigenvalue weighted by Crippen LogP contribution is -2.33. The predicted octanol–water partition coefficient (Wildman–Crippen LogP) is 2.12. The second-order valence-corrected chi connectivity index (χ2v) is 8.44. The van der Waals surface area contributed by atoms with E-state index in [0.29, 0.717) is 34.5 Å². The van der Waals surface area contributed by atoms with Crippen LogP contribution in [0.1, 0.15) is 12.5 Å². The maximum Gasteiger partial charge on any atom is 0.319 e. The van der Waals surface area contributed by atoms with Gasteiger partial charge in [0.25, 0.3) is 0 Å². The number of carbonyl (C=O) groups excluding carboxylic acids is 1. The summed E-state index contributed by atoms with van der Waals surface area (Å²) in [5.74, 6) is 0. The zero-order valence-corrected chi connectivity index (χ0v) is 16.6. The van der Waals surface area contributed by atoms with Gasteiger partial charge in [-0.15, -0.1) is 0 Å². The average molecular weight is 391 g/mol. The molecule has 1 aromatic heterocycles. The summed E-state index contributed by atoms with van der Waals surface area (Å²) < 4.78 is 26.6.